The molecule has 0 amide bonds. The fourth-order valence-electron chi connectivity index (χ4n) is 25.8. The van der Waals surface area contributed by atoms with E-state index in [1.54, 1.807) is 52.4 Å². The Labute approximate surface area is 563 Å². The molecule has 20 aliphatic rings. The maximum atomic E-state index is 11.8. The van der Waals surface area contributed by atoms with Crippen molar-refractivity contribution < 1.29 is 47.7 Å². The van der Waals surface area contributed by atoms with E-state index in [4.69, 9.17) is 23.7 Å². The van der Waals surface area contributed by atoms with Gasteiger partial charge in [-0.25, -0.2) is 24.0 Å². The first kappa shape index (κ1) is 70.4. The van der Waals surface area contributed by atoms with E-state index in [0.29, 0.717) is 60.1 Å². The van der Waals surface area contributed by atoms with Crippen molar-refractivity contribution in [3.05, 3.63) is 62.3 Å². The molecule has 20 bridgehead atoms. The molecule has 0 aromatic carbocycles. The van der Waals surface area contributed by atoms with E-state index in [1.807, 2.05) is 0 Å². The van der Waals surface area contributed by atoms with E-state index in [-0.39, 0.29) is 41.0 Å². The van der Waals surface area contributed by atoms with Gasteiger partial charge in [0.1, 0.15) is 11.2 Å². The van der Waals surface area contributed by atoms with Crippen LogP contribution < -0.4 is 0 Å². The van der Waals surface area contributed by atoms with Gasteiger partial charge in [0.05, 0.1) is 19.8 Å². The second-order valence-electron chi connectivity index (χ2n) is 35.8. The Morgan fingerprint density at radius 3 is 0.903 bits per heavy atom. The van der Waals surface area contributed by atoms with Crippen molar-refractivity contribution in [3.8, 4) is 0 Å². The minimum absolute atomic E-state index is 0.194. The summed E-state index contributed by atoms with van der Waals surface area (Å²) in [5.41, 5.74) is 2.63. The fourth-order valence-corrected chi connectivity index (χ4v) is 25.8. The molecule has 0 unspecified atom stereocenters. The van der Waals surface area contributed by atoms with Crippen molar-refractivity contribution in [3.63, 3.8) is 0 Å². The Morgan fingerprint density at radius 2 is 0.591 bits per heavy atom. The van der Waals surface area contributed by atoms with E-state index in [2.05, 4.69) is 46.7 Å². The van der Waals surface area contributed by atoms with Crippen LogP contribution in [0.2, 0.25) is 0 Å². The van der Waals surface area contributed by atoms with Gasteiger partial charge in [0.2, 0.25) is 0 Å². The molecule has 0 aromatic rings. The number of esters is 5. The van der Waals surface area contributed by atoms with Crippen molar-refractivity contribution in [2.24, 2.45) is 117 Å². The molecule has 20 aliphatic carbocycles. The highest BCUT2D eigenvalue weighted by Crippen LogP contribution is 2.65. The fraction of sp³-hybridized carbons (Fsp3) is 0.819. The van der Waals surface area contributed by atoms with Gasteiger partial charge in [-0.15, -0.1) is 0 Å². The van der Waals surface area contributed by atoms with Gasteiger partial charge in [0.15, 0.2) is 0 Å². The largest absolute Gasteiger partial charge is 0.463 e. The van der Waals surface area contributed by atoms with Crippen LogP contribution in [0.15, 0.2) is 62.3 Å². The van der Waals surface area contributed by atoms with Gasteiger partial charge in [-0.2, -0.15) is 0 Å². The van der Waals surface area contributed by atoms with Crippen LogP contribution in [0, 0.1) is 117 Å². The van der Waals surface area contributed by atoms with Crippen molar-refractivity contribution >= 4 is 29.8 Å². The summed E-state index contributed by atoms with van der Waals surface area (Å²) in [6.45, 7) is 27.1. The second kappa shape index (κ2) is 30.4. The van der Waals surface area contributed by atoms with Gasteiger partial charge in [-0.05, 0) is 356 Å². The molecule has 0 heterocycles. The van der Waals surface area contributed by atoms with Gasteiger partial charge in [-0.1, -0.05) is 71.4 Å². The lowest BCUT2D eigenvalue weighted by Crippen LogP contribution is -2.58. The topological polar surface area (TPSA) is 132 Å². The number of unbranched alkanes of at least 4 members (excludes halogenated alkanes) is 6. The Balaban J connectivity index is 0.000000119. The van der Waals surface area contributed by atoms with E-state index in [9.17, 15) is 24.0 Å². The smallest absolute Gasteiger partial charge is 0.333 e. The third kappa shape index (κ3) is 17.3. The van der Waals surface area contributed by atoms with Crippen molar-refractivity contribution in [2.45, 2.75) is 289 Å². The van der Waals surface area contributed by atoms with Crippen LogP contribution in [-0.2, 0) is 47.7 Å². The summed E-state index contributed by atoms with van der Waals surface area (Å²) in [4.78, 5) is 56.5. The average molecular weight is 1280 g/mol. The van der Waals surface area contributed by atoms with Crippen molar-refractivity contribution in [2.75, 3.05) is 19.8 Å². The molecule has 0 aliphatic heterocycles. The zero-order valence-corrected chi connectivity index (χ0v) is 58.9. The molecule has 0 radical (unpaired) electrons. The third-order valence-electron chi connectivity index (χ3n) is 28.4. The number of ether oxygens (including phenoxy) is 5. The van der Waals surface area contributed by atoms with Crippen LogP contribution >= 0.6 is 0 Å². The lowest BCUT2D eigenvalue weighted by atomic mass is 9.48. The van der Waals surface area contributed by atoms with Crippen molar-refractivity contribution in [1.29, 1.82) is 0 Å². The lowest BCUT2D eigenvalue weighted by Gasteiger charge is -2.59. The number of carbonyl (C=O) groups excluding carboxylic acids is 5. The molecule has 10 heteroatoms. The highest BCUT2D eigenvalue weighted by molar-refractivity contribution is 5.87. The van der Waals surface area contributed by atoms with Crippen LogP contribution in [-0.4, -0.2) is 60.9 Å². The van der Waals surface area contributed by atoms with Crippen LogP contribution in [0.5, 0.6) is 0 Å². The van der Waals surface area contributed by atoms with Gasteiger partial charge >= 0.3 is 29.8 Å². The van der Waals surface area contributed by atoms with E-state index in [1.165, 1.54) is 211 Å². The molecule has 20 saturated carbocycles. The molecule has 0 atom stereocenters. The quantitative estimate of drug-likeness (QED) is 0.0398. The van der Waals surface area contributed by atoms with Crippen molar-refractivity contribution in [1.82, 2.24) is 0 Å². The van der Waals surface area contributed by atoms with Gasteiger partial charge in [-0.3, -0.25) is 0 Å². The normalized spacial score (nSPS) is 41.5. The minimum Gasteiger partial charge on any atom is -0.463 e. The summed E-state index contributed by atoms with van der Waals surface area (Å²) in [6, 6.07) is 0. The SMILES string of the molecule is C=C(C)C(=O)OC1(C)C2CC3CC(C2)CC1C3.C=C(C)C(=O)OCCCCCCC12CC3CC(CC(C3)C1)C2.C=CC(=O)OC1(C)C2CC3CC(C2)CC1C3.C=CC(=O)OCCC12CC3CC(CC(C3)C1)C2.C=CC(=O)OCCCCCCC12CC3CC(CC(C3)C1)C2. The molecule has 0 spiro atoms. The number of rotatable bonds is 24. The maximum Gasteiger partial charge on any atom is 0.333 e. The molecule has 0 N–H and O–H groups in total. The summed E-state index contributed by atoms with van der Waals surface area (Å²) in [6.07, 6.45) is 57.7. The number of hydrogen-bond donors (Lipinski definition) is 0. The Morgan fingerprint density at radius 1 is 0.323 bits per heavy atom. The molecule has 20 fully saturated rings. The van der Waals surface area contributed by atoms with E-state index < -0.39 is 0 Å². The molecule has 10 nitrogen and oxygen atoms in total. The van der Waals surface area contributed by atoms with Gasteiger partial charge < -0.3 is 23.7 Å². The molecule has 0 saturated heterocycles. The van der Waals surface area contributed by atoms with Crippen LogP contribution in [0.3, 0.4) is 0 Å². The van der Waals surface area contributed by atoms with Gasteiger partial charge in [0, 0.05) is 29.4 Å². The molecule has 0 aromatic heterocycles. The Kier molecular flexibility index (Phi) is 23.0. The Hall–Kier alpha value is -3.95. The summed E-state index contributed by atoms with van der Waals surface area (Å²) in [7, 11) is 0. The highest BCUT2D eigenvalue weighted by Gasteiger charge is 2.59. The predicted molar refractivity (Wildman–Crippen MR) is 369 cm³/mol. The Bertz CT molecular complexity index is 2510. The third-order valence-corrected chi connectivity index (χ3v) is 28.4. The summed E-state index contributed by atoms with van der Waals surface area (Å²) in [5, 5.41) is 0. The number of carbonyl (C=O) groups is 5. The highest BCUT2D eigenvalue weighted by atomic mass is 16.6. The molecule has 93 heavy (non-hydrogen) atoms. The average Bonchev–Trinajstić information content (AvgIpc) is 0.762. The minimum atomic E-state index is -0.288. The predicted octanol–water partition coefficient (Wildman–Crippen LogP) is 19.7. The first-order valence-electron chi connectivity index (χ1n) is 38.7. The monoisotopic (exact) mass is 1280 g/mol. The van der Waals surface area contributed by atoms with E-state index in [0.717, 1.165) is 107 Å². The first-order chi connectivity index (χ1) is 44.5. The zero-order valence-electron chi connectivity index (χ0n) is 58.9. The molecular formula is C83H126O10. The van der Waals surface area contributed by atoms with E-state index >= 15 is 0 Å². The van der Waals surface area contributed by atoms with Crippen LogP contribution in [0.25, 0.3) is 0 Å². The maximum absolute atomic E-state index is 11.8. The summed E-state index contributed by atoms with van der Waals surface area (Å²) < 4.78 is 26.9. The molecule has 518 valence electrons. The number of hydrogen-bond acceptors (Lipinski definition) is 10. The summed E-state index contributed by atoms with van der Waals surface area (Å²) >= 11 is 0. The van der Waals surface area contributed by atoms with Crippen LogP contribution in [0.4, 0.5) is 0 Å². The molecule has 20 rings (SSSR count). The second-order valence-corrected chi connectivity index (χ2v) is 35.8. The first-order valence-corrected chi connectivity index (χ1v) is 38.7. The zero-order chi connectivity index (χ0) is 65.7. The van der Waals surface area contributed by atoms with Crippen LogP contribution in [0.1, 0.15) is 278 Å². The summed E-state index contributed by atoms with van der Waals surface area (Å²) in [5.74, 6) is 14.2. The molecular weight excluding hydrogens is 1160 g/mol. The lowest BCUT2D eigenvalue weighted by molar-refractivity contribution is -0.199. The standard InChI is InChI=1S/C20H32O2.C19H30O2.2C15H22O2.C14H20O2/c1-15(2)19(21)22-8-6-4-3-5-7-20-12-16-9-17(13-20)11-18(10-16)14-20;1-2-18(20)21-8-6-4-3-5-7-19-12-15-9-16(13-19)11-17(10-15)14-19;1-9(2)14(16)17-15(3)12-5-10-4-11(7-12)8-13(15)6-10;1-2-14(16)17-4-3-15-8-11-5-12(9-15)7-13(6-11)10-15;1-3-13(15)16-14(2)11-5-9-4-10(7-11)8-12(14)6-9/h16-18H,1,3-14H2,2H3;2,15-17H,1,3-14H2;10-13H,1,4-8H2,2-3H3;2,11-13H,1,3-10H2;3,9-12H,1,4-8H2,2H3. The van der Waals surface area contributed by atoms with Gasteiger partial charge in [0.25, 0.3) is 0 Å².